The van der Waals surface area contributed by atoms with Crippen molar-refractivity contribution >= 4 is 52.2 Å². The second-order valence-electron chi connectivity index (χ2n) is 30.3. The Kier molecular flexibility index (Phi) is 29.7. The van der Waals surface area contributed by atoms with E-state index in [9.17, 15) is 49.8 Å². The van der Waals surface area contributed by atoms with Gasteiger partial charge in [-0.15, -0.1) is 0 Å². The maximum Gasteiger partial charge on any atom is 0.256 e. The lowest BCUT2D eigenvalue weighted by molar-refractivity contribution is -0.467. The molecule has 7 aromatic heterocycles. The van der Waals surface area contributed by atoms with Crippen molar-refractivity contribution < 1.29 is 59.0 Å². The third kappa shape index (κ3) is 23.9. The summed E-state index contributed by atoms with van der Waals surface area (Å²) < 4.78 is 16.6. The topological polar surface area (TPSA) is 466 Å². The lowest BCUT2D eigenvalue weighted by atomic mass is 10.0. The van der Waals surface area contributed by atoms with Crippen LogP contribution in [-0.4, -0.2) is 194 Å². The van der Waals surface area contributed by atoms with Gasteiger partial charge in [0.05, 0.1) is 78.3 Å². The van der Waals surface area contributed by atoms with Gasteiger partial charge in [0.1, 0.15) is 52.5 Å². The van der Waals surface area contributed by atoms with Gasteiger partial charge in [-0.25, -0.2) is 15.0 Å². The number of aliphatic hydroxyl groups excluding tert-OH is 1. The number of carbonyl (C=O) groups excluding carboxylic acids is 4. The molecule has 5 aromatic carbocycles. The maximum absolute atomic E-state index is 11.5. The fraction of sp³-hybridized carbons (Fsp3) is 0.345. The molecule has 121 heavy (non-hydrogen) atoms. The number of rotatable bonds is 27. The SMILES string of the molecule is CC(O)Cc1c(C2=CCN=[N+]2C)ncn1Cc1cccc(O)c1.Cc1n[nH]c(C)c1Cc1ncn(Cc2cccc(O)c2)c1CC(N)=O.Cc1noc(C)c1N1CCN(c2cccc(O)c2)C(CCC(N)=O)C1.Cn1nccc1Cc1ncn(Cc2cccc(O)c2)c1CC(N)=O.Cn1nccc1N1CCN(c2cccc(O)c2)C(CCC(N)=O)C1. The number of amides is 4. The molecule has 0 spiro atoms. The summed E-state index contributed by atoms with van der Waals surface area (Å²) in [5, 5.41) is 82.2. The van der Waals surface area contributed by atoms with Crippen molar-refractivity contribution in [3.05, 3.63) is 256 Å². The van der Waals surface area contributed by atoms with Crippen LogP contribution >= 0.6 is 0 Å². The molecule has 0 bridgehead atoms. The number of nitrogens with zero attached hydrogens (tertiary/aromatic N) is 18. The highest BCUT2D eigenvalue weighted by molar-refractivity contribution is 5.77. The van der Waals surface area contributed by atoms with E-state index in [4.69, 9.17) is 27.5 Å². The van der Waals surface area contributed by atoms with Crippen molar-refractivity contribution in [3.63, 3.8) is 0 Å². The molecule has 3 unspecified atom stereocenters. The number of piperazine rings is 2. The van der Waals surface area contributed by atoms with Gasteiger partial charge >= 0.3 is 0 Å². The number of aromatic nitrogens is 13. The highest BCUT2D eigenvalue weighted by Gasteiger charge is 2.33. The molecule has 4 amide bonds. The monoisotopic (exact) mass is 1650 g/mol. The average molecular weight is 1650 g/mol. The molecule has 0 radical (unpaired) electrons. The molecule has 0 saturated carbocycles. The molecule has 15 N–H and O–H groups in total. The highest BCUT2D eigenvalue weighted by Crippen LogP contribution is 2.34. The first-order chi connectivity index (χ1) is 58.0. The van der Waals surface area contributed by atoms with Gasteiger partial charge in [0, 0.05) is 176 Å². The molecule has 34 nitrogen and oxygen atoms in total. The minimum atomic E-state index is -0.461. The van der Waals surface area contributed by atoms with Gasteiger partial charge in [-0.3, -0.25) is 33.6 Å². The Morgan fingerprint density at radius 3 is 1.45 bits per heavy atom. The number of imidazole rings is 3. The molecule has 2 fully saturated rings. The lowest BCUT2D eigenvalue weighted by Crippen LogP contribution is -2.54. The van der Waals surface area contributed by atoms with Crippen LogP contribution < -0.4 is 42.5 Å². The Balaban J connectivity index is 0.000000148. The average Bonchev–Trinajstić information content (AvgIpc) is 1.15. The molecule has 10 heterocycles. The summed E-state index contributed by atoms with van der Waals surface area (Å²) in [7, 11) is 5.70. The first-order valence-electron chi connectivity index (χ1n) is 39.9. The molecule has 34 heteroatoms. The number of aryl methyl sites for hydroxylation is 6. The van der Waals surface area contributed by atoms with Crippen molar-refractivity contribution in [1.29, 1.82) is 0 Å². The van der Waals surface area contributed by atoms with Gasteiger partial charge < -0.3 is 91.4 Å². The number of anilines is 4. The van der Waals surface area contributed by atoms with Gasteiger partial charge in [-0.05, 0) is 136 Å². The van der Waals surface area contributed by atoms with E-state index < -0.39 is 17.9 Å². The van der Waals surface area contributed by atoms with Crippen LogP contribution in [0.5, 0.6) is 28.7 Å². The number of phenolic OH excluding ortho intramolecular Hbond substituents is 5. The minimum Gasteiger partial charge on any atom is -0.508 e. The van der Waals surface area contributed by atoms with E-state index in [2.05, 4.69) is 65.2 Å². The standard InChI is InChI=1S/C18H21N5O2.C18H24N4O3.C17H19N5O2.C17H23N5O2.C17H20N4O2/c1-11-15(12(2)22-21-11)7-16-17(8-18(19)25)23(10-20-16)9-13-4-3-5-14(24)6-13;1-12-18(13(2)25-20-12)21-8-9-22(14-4-3-5-16(23)10-14)15(11-21)6-7-17(19)24;1-21-13(5-6-20-21)8-15-16(9-17(18)24)22(11-19-15)10-12-3-2-4-14(23)7-12;1-20-17(7-8-19-20)21-9-10-22(13-3-2-4-15(23)11-13)14(12-21)5-6-16(18)24;1-12(22)8-16-17(15-6-7-19-20(15)2)18-11-21(16)10-13-4-3-5-14(23)9-13/h3-6,10,24H,7-9H2,1-2H3,(H2,19,25)(H,21,22);3-5,10,15,23H,6-9,11H2,1-2H3,(H2,19,24);2-7,11,23H,8-10H2,1H3,(H2,18,24);2-4,7-8,11,14,23H,5-6,9-10,12H2,1H3,(H2,18,24);3-6,9,11-12,22H,7-8,10H2,1-2H3/p+1. The third-order valence-electron chi connectivity index (χ3n) is 21.2. The predicted octanol–water partition coefficient (Wildman–Crippen LogP) is 7.64. The van der Waals surface area contributed by atoms with E-state index in [0.717, 1.165) is 153 Å². The number of benzene rings is 5. The number of primary amides is 4. The molecular formula is C87H108N23O11+. The van der Waals surface area contributed by atoms with Crippen LogP contribution in [0.3, 0.4) is 0 Å². The second-order valence-corrected chi connectivity index (χ2v) is 30.3. The predicted molar refractivity (Wildman–Crippen MR) is 457 cm³/mol. The highest BCUT2D eigenvalue weighted by atomic mass is 16.5. The molecule has 636 valence electrons. The summed E-state index contributed by atoms with van der Waals surface area (Å²) in [4.78, 5) is 68.0. The largest absolute Gasteiger partial charge is 0.508 e. The maximum atomic E-state index is 11.5. The van der Waals surface area contributed by atoms with Crippen molar-refractivity contribution in [3.8, 4) is 28.7 Å². The van der Waals surface area contributed by atoms with Crippen LogP contribution in [0.15, 0.2) is 181 Å². The summed E-state index contributed by atoms with van der Waals surface area (Å²) >= 11 is 0. The first kappa shape index (κ1) is 87.8. The van der Waals surface area contributed by atoms with Crippen molar-refractivity contribution in [1.82, 2.24) is 63.6 Å². The quantitative estimate of drug-likeness (QED) is 0.0220. The smallest absolute Gasteiger partial charge is 0.256 e. The lowest BCUT2D eigenvalue weighted by Gasteiger charge is -2.43. The van der Waals surface area contributed by atoms with E-state index in [0.29, 0.717) is 71.1 Å². The summed E-state index contributed by atoms with van der Waals surface area (Å²) in [6.45, 7) is 16.5. The first-order valence-corrected chi connectivity index (χ1v) is 39.9. The number of hydrogen-bond acceptors (Lipinski definition) is 23. The molecule has 3 aliphatic rings. The number of aromatic amines is 1. The summed E-state index contributed by atoms with van der Waals surface area (Å²) in [5.74, 6) is 1.61. The number of H-pyrrole nitrogens is 1. The summed E-state index contributed by atoms with van der Waals surface area (Å²) in [6.07, 6.45) is 14.2. The number of phenols is 5. The molecule has 3 atom stereocenters. The van der Waals surface area contributed by atoms with Crippen molar-refractivity contribution in [2.45, 2.75) is 130 Å². The van der Waals surface area contributed by atoms with E-state index >= 15 is 0 Å². The number of nitrogens with one attached hydrogen (secondary N) is 1. The van der Waals surface area contributed by atoms with Gasteiger partial charge in [-0.2, -0.15) is 15.3 Å². The number of azo groups is 2. The van der Waals surface area contributed by atoms with Crippen molar-refractivity contribution in [2.24, 2.45) is 42.1 Å². The zero-order valence-corrected chi connectivity index (χ0v) is 69.4. The van der Waals surface area contributed by atoms with E-state index in [1.807, 2.05) is 139 Å². The summed E-state index contributed by atoms with van der Waals surface area (Å²) in [5.41, 5.74) is 38.2. The second kappa shape index (κ2) is 40.9. The Morgan fingerprint density at radius 1 is 0.562 bits per heavy atom. The molecule has 2 saturated heterocycles. The Morgan fingerprint density at radius 2 is 1.03 bits per heavy atom. The van der Waals surface area contributed by atoms with Gasteiger partial charge in [0.2, 0.25) is 23.6 Å². The fourth-order valence-electron chi connectivity index (χ4n) is 15.3. The number of aliphatic hydroxyl groups is 1. The van der Waals surface area contributed by atoms with Crippen LogP contribution in [0, 0.1) is 27.7 Å². The Bertz CT molecular complexity index is 5550. The summed E-state index contributed by atoms with van der Waals surface area (Å²) in [6, 6.07) is 39.8. The normalized spacial score (nSPS) is 14.6. The number of carbonyl (C=O) groups is 4. The van der Waals surface area contributed by atoms with Crippen LogP contribution in [0.2, 0.25) is 0 Å². The van der Waals surface area contributed by atoms with Crippen molar-refractivity contribution in [2.75, 3.05) is 72.5 Å². The molecular weight excluding hydrogens is 1540 g/mol. The third-order valence-corrected chi connectivity index (χ3v) is 21.2. The fourth-order valence-corrected chi connectivity index (χ4v) is 15.3. The number of hydrogen-bond donors (Lipinski definition) is 11. The van der Waals surface area contributed by atoms with Crippen LogP contribution in [0.25, 0.3) is 5.70 Å². The van der Waals surface area contributed by atoms with Crippen LogP contribution in [-0.2, 0) is 85.0 Å². The van der Waals surface area contributed by atoms with E-state index in [-0.39, 0.29) is 65.5 Å². The number of aromatic hydroxyl groups is 5. The molecule has 12 aromatic rings. The van der Waals surface area contributed by atoms with Crippen LogP contribution in [0.1, 0.15) is 118 Å². The Labute approximate surface area is 700 Å². The van der Waals surface area contributed by atoms with E-state index in [1.54, 1.807) is 116 Å². The van der Waals surface area contributed by atoms with Gasteiger partial charge in [-0.1, -0.05) is 58.4 Å². The Hall–Kier alpha value is -14.1. The van der Waals surface area contributed by atoms with E-state index in [1.165, 1.54) is 0 Å². The minimum absolute atomic E-state index is 0.108. The molecule has 3 aliphatic heterocycles. The van der Waals surface area contributed by atoms with Gasteiger partial charge in [0.15, 0.2) is 18.5 Å². The van der Waals surface area contributed by atoms with Crippen LogP contribution in [0.4, 0.5) is 22.9 Å². The van der Waals surface area contributed by atoms with Gasteiger partial charge in [0.25, 0.3) is 5.70 Å². The molecule has 15 rings (SSSR count). The zero-order valence-electron chi connectivity index (χ0n) is 69.4. The number of nitrogens with two attached hydrogens (primary N) is 4. The zero-order chi connectivity index (χ0) is 86.6. The molecule has 0 aliphatic carbocycles.